The van der Waals surface area contributed by atoms with Gasteiger partial charge in [-0.15, -0.1) is 0 Å². The summed E-state index contributed by atoms with van der Waals surface area (Å²) in [4.78, 5) is 0. The molecule has 0 aromatic rings. The van der Waals surface area contributed by atoms with Gasteiger partial charge in [0, 0.05) is 0 Å². The van der Waals surface area contributed by atoms with Crippen molar-refractivity contribution in [1.29, 1.82) is 0 Å². The van der Waals surface area contributed by atoms with E-state index in [0.29, 0.717) is 0 Å². The Morgan fingerprint density at radius 3 is 1.00 bits per heavy atom. The van der Waals surface area contributed by atoms with Gasteiger partial charge in [-0.05, 0) is 54.3 Å². The van der Waals surface area contributed by atoms with Crippen LogP contribution >= 0.6 is 0 Å². The van der Waals surface area contributed by atoms with E-state index in [1.165, 1.54) is 51.4 Å². The summed E-state index contributed by atoms with van der Waals surface area (Å²) >= 11 is 0. The van der Waals surface area contributed by atoms with Crippen molar-refractivity contribution in [2.24, 2.45) is 41.4 Å². The molecule has 0 aromatic carbocycles. The highest BCUT2D eigenvalue weighted by molar-refractivity contribution is 4.82. The summed E-state index contributed by atoms with van der Waals surface area (Å²) in [6.45, 7) is 7.57. The fraction of sp³-hybridized carbons (Fsp3) is 1.00. The predicted octanol–water partition coefficient (Wildman–Crippen LogP) is 9.03. The number of rotatable bonds is 2. The van der Waals surface area contributed by atoms with E-state index in [1.54, 1.807) is 57.8 Å². The fourth-order valence-corrected chi connectivity index (χ4v) is 7.30. The maximum atomic E-state index is 2.61. The summed E-state index contributed by atoms with van der Waals surface area (Å²) in [6, 6.07) is 0. The Balaban J connectivity index is 1.50. The molecule has 0 nitrogen and oxygen atoms in total. The van der Waals surface area contributed by atoms with E-state index in [-0.39, 0.29) is 0 Å². The predicted molar refractivity (Wildman–Crippen MR) is 120 cm³/mol. The lowest BCUT2D eigenvalue weighted by Crippen LogP contribution is -2.26. The molecule has 0 radical (unpaired) electrons. The fourth-order valence-electron chi connectivity index (χ4n) is 7.30. The van der Waals surface area contributed by atoms with Gasteiger partial charge in [0.25, 0.3) is 0 Å². The Labute approximate surface area is 171 Å². The van der Waals surface area contributed by atoms with Gasteiger partial charge in [0.2, 0.25) is 0 Å². The van der Waals surface area contributed by atoms with Crippen LogP contribution in [0.5, 0.6) is 0 Å². The van der Waals surface area contributed by atoms with E-state index in [4.69, 9.17) is 0 Å². The van der Waals surface area contributed by atoms with Crippen molar-refractivity contribution in [2.45, 2.75) is 130 Å². The van der Waals surface area contributed by atoms with Crippen molar-refractivity contribution in [3.8, 4) is 0 Å². The summed E-state index contributed by atoms with van der Waals surface area (Å²) in [7, 11) is 0. The average molecular weight is 375 g/mol. The number of hydrogen-bond donors (Lipinski definition) is 0. The zero-order chi connectivity index (χ0) is 19.1. The molecular formula is C27H50. The van der Waals surface area contributed by atoms with E-state index in [9.17, 15) is 0 Å². The molecule has 3 saturated carbocycles. The summed E-state index contributed by atoms with van der Waals surface area (Å²) < 4.78 is 0. The molecule has 0 bridgehead atoms. The van der Waals surface area contributed by atoms with Crippen LogP contribution in [0.3, 0.4) is 0 Å². The van der Waals surface area contributed by atoms with Crippen LogP contribution in [-0.4, -0.2) is 0 Å². The van der Waals surface area contributed by atoms with Crippen LogP contribution in [0.25, 0.3) is 0 Å². The van der Waals surface area contributed by atoms with Crippen molar-refractivity contribution in [3.63, 3.8) is 0 Å². The van der Waals surface area contributed by atoms with Crippen LogP contribution in [-0.2, 0) is 0 Å². The van der Waals surface area contributed by atoms with E-state index < -0.39 is 0 Å². The minimum Gasteiger partial charge on any atom is -0.0625 e. The Bertz CT molecular complexity index is 343. The van der Waals surface area contributed by atoms with E-state index in [0.717, 1.165) is 41.4 Å². The largest absolute Gasteiger partial charge is 0.0625 e. The third kappa shape index (κ3) is 7.08. The van der Waals surface area contributed by atoms with Gasteiger partial charge in [0.1, 0.15) is 0 Å². The summed E-state index contributed by atoms with van der Waals surface area (Å²) in [5.74, 6) is 7.23. The Morgan fingerprint density at radius 2 is 0.630 bits per heavy atom. The van der Waals surface area contributed by atoms with Crippen molar-refractivity contribution in [2.75, 3.05) is 0 Å². The van der Waals surface area contributed by atoms with Gasteiger partial charge >= 0.3 is 0 Å². The Hall–Kier alpha value is 0. The maximum Gasteiger partial charge on any atom is -0.0383 e. The first-order valence-corrected chi connectivity index (χ1v) is 13.1. The van der Waals surface area contributed by atoms with Crippen LogP contribution in [0.4, 0.5) is 0 Å². The molecule has 3 aliphatic rings. The zero-order valence-electron chi connectivity index (χ0n) is 19.1. The van der Waals surface area contributed by atoms with Crippen LogP contribution in [0.1, 0.15) is 130 Å². The summed E-state index contributed by atoms with van der Waals surface area (Å²) in [6.07, 6.45) is 26.0. The van der Waals surface area contributed by atoms with Crippen molar-refractivity contribution in [3.05, 3.63) is 0 Å². The first-order chi connectivity index (χ1) is 13.1. The van der Waals surface area contributed by atoms with Crippen LogP contribution in [0.2, 0.25) is 0 Å². The van der Waals surface area contributed by atoms with E-state index in [1.807, 2.05) is 0 Å². The average Bonchev–Trinajstić information content (AvgIpc) is 2.57. The van der Waals surface area contributed by atoms with Gasteiger partial charge in [0.15, 0.2) is 0 Å². The highest BCUT2D eigenvalue weighted by Gasteiger charge is 2.30. The van der Waals surface area contributed by atoms with Crippen molar-refractivity contribution >= 4 is 0 Å². The molecule has 3 aliphatic carbocycles. The van der Waals surface area contributed by atoms with Crippen LogP contribution < -0.4 is 0 Å². The normalized spacial score (nSPS) is 43.4. The van der Waals surface area contributed by atoms with Gasteiger partial charge in [-0.25, -0.2) is 0 Å². The van der Waals surface area contributed by atoms with Gasteiger partial charge in [-0.3, -0.25) is 0 Å². The topological polar surface area (TPSA) is 0 Å². The summed E-state index contributed by atoms with van der Waals surface area (Å²) in [5.41, 5.74) is 0. The molecule has 0 saturated heterocycles. The lowest BCUT2D eigenvalue weighted by Gasteiger charge is -2.38. The molecular weight excluding hydrogens is 324 g/mol. The van der Waals surface area contributed by atoms with Crippen LogP contribution in [0, 0.1) is 41.4 Å². The third-order valence-electron chi connectivity index (χ3n) is 8.98. The molecule has 0 heteroatoms. The van der Waals surface area contributed by atoms with Crippen molar-refractivity contribution in [1.82, 2.24) is 0 Å². The quantitative estimate of drug-likeness (QED) is 0.452. The SMILES string of the molecule is CC1CCCC(C2CCCC(C3CCCC(C)CCC3)CC(C)C2)CCC1. The minimum absolute atomic E-state index is 0.981. The highest BCUT2D eigenvalue weighted by Crippen LogP contribution is 2.43. The lowest BCUT2D eigenvalue weighted by atomic mass is 9.68. The summed E-state index contributed by atoms with van der Waals surface area (Å²) in [5, 5.41) is 0. The molecule has 0 amide bonds. The lowest BCUT2D eigenvalue weighted by molar-refractivity contribution is 0.137. The first-order valence-electron chi connectivity index (χ1n) is 13.1. The second kappa shape index (κ2) is 11.3. The van der Waals surface area contributed by atoms with E-state index >= 15 is 0 Å². The van der Waals surface area contributed by atoms with Gasteiger partial charge < -0.3 is 0 Å². The molecule has 0 heterocycles. The second-order valence-electron chi connectivity index (χ2n) is 11.5. The van der Waals surface area contributed by atoms with E-state index in [2.05, 4.69) is 20.8 Å². The Kier molecular flexibility index (Phi) is 9.05. The van der Waals surface area contributed by atoms with Gasteiger partial charge in [-0.2, -0.15) is 0 Å². The van der Waals surface area contributed by atoms with Crippen molar-refractivity contribution < 1.29 is 0 Å². The molecule has 27 heavy (non-hydrogen) atoms. The zero-order valence-corrected chi connectivity index (χ0v) is 19.1. The van der Waals surface area contributed by atoms with Gasteiger partial charge in [0.05, 0.1) is 0 Å². The molecule has 0 N–H and O–H groups in total. The molecule has 0 spiro atoms. The second-order valence-corrected chi connectivity index (χ2v) is 11.5. The molecule has 0 aromatic heterocycles. The Morgan fingerprint density at radius 1 is 0.333 bits per heavy atom. The molecule has 2 atom stereocenters. The molecule has 3 rings (SSSR count). The van der Waals surface area contributed by atoms with Gasteiger partial charge in [-0.1, -0.05) is 117 Å². The molecule has 3 fully saturated rings. The molecule has 0 aliphatic heterocycles. The number of hydrogen-bond acceptors (Lipinski definition) is 0. The third-order valence-corrected chi connectivity index (χ3v) is 8.98. The molecule has 2 unspecified atom stereocenters. The maximum absolute atomic E-state index is 2.61. The standard InChI is InChI=1S/C27H50/c1-21-9-4-13-24(14-5-10-21)26-17-8-18-27(20-23(3)19-26)25-15-6-11-22(2)12-7-16-25/h21-27H,4-20H2,1-3H3. The monoisotopic (exact) mass is 374 g/mol. The van der Waals surface area contributed by atoms with Crippen LogP contribution in [0.15, 0.2) is 0 Å². The highest BCUT2D eigenvalue weighted by atomic mass is 14.4. The first kappa shape index (κ1) is 21.7. The smallest absolute Gasteiger partial charge is 0.0383 e. The minimum atomic E-state index is 0.981. The molecule has 158 valence electrons.